The molecule has 1 aromatic rings. The molecule has 0 aromatic carbocycles. The number of hydrogen-bond donors (Lipinski definition) is 2. The summed E-state index contributed by atoms with van der Waals surface area (Å²) in [5.41, 5.74) is 0. The van der Waals surface area contributed by atoms with Crippen molar-refractivity contribution in [2.24, 2.45) is 10.9 Å². The fourth-order valence-electron chi connectivity index (χ4n) is 3.88. The molecule has 4 nitrogen and oxygen atoms in total. The topological polar surface area (TPSA) is 39.7 Å². The molecule has 7 heteroatoms. The Bertz CT molecular complexity index is 558. The first kappa shape index (κ1) is 23.3. The molecule has 2 aliphatic rings. The molecule has 1 aromatic heterocycles. The highest BCUT2D eigenvalue weighted by Gasteiger charge is 2.29. The number of hydrogen-bond acceptors (Lipinski definition) is 4. The largest absolute Gasteiger partial charge is 0.357 e. The molecular formula is C20H35IN4S2. The van der Waals surface area contributed by atoms with Crippen molar-refractivity contribution in [3.8, 4) is 0 Å². The van der Waals surface area contributed by atoms with Gasteiger partial charge in [0.2, 0.25) is 0 Å². The smallest absolute Gasteiger partial charge is 0.191 e. The van der Waals surface area contributed by atoms with Crippen molar-refractivity contribution in [3.05, 3.63) is 22.4 Å². The van der Waals surface area contributed by atoms with Gasteiger partial charge in [-0.25, -0.2) is 0 Å². The van der Waals surface area contributed by atoms with Gasteiger partial charge in [-0.3, -0.25) is 9.89 Å². The zero-order chi connectivity index (χ0) is 18.2. The van der Waals surface area contributed by atoms with Crippen molar-refractivity contribution in [2.75, 3.05) is 38.5 Å². The fourth-order valence-corrected chi connectivity index (χ4v) is 5.85. The van der Waals surface area contributed by atoms with E-state index in [1.807, 2.05) is 11.3 Å². The third-order valence-corrected chi connectivity index (χ3v) is 7.72. The van der Waals surface area contributed by atoms with Crippen LogP contribution < -0.4 is 10.6 Å². The van der Waals surface area contributed by atoms with E-state index in [2.05, 4.69) is 58.7 Å². The Morgan fingerprint density at radius 1 is 1.37 bits per heavy atom. The number of thiophene rings is 1. The second-order valence-corrected chi connectivity index (χ2v) is 10.5. The van der Waals surface area contributed by atoms with Crippen LogP contribution in [-0.4, -0.2) is 54.1 Å². The number of guanidine groups is 1. The van der Waals surface area contributed by atoms with Crippen molar-refractivity contribution >= 4 is 53.0 Å². The van der Waals surface area contributed by atoms with Crippen LogP contribution in [0.5, 0.6) is 0 Å². The number of likely N-dealkylation sites (tertiary alicyclic amines) is 1. The first-order valence-corrected chi connectivity index (χ1v) is 11.9. The summed E-state index contributed by atoms with van der Waals surface area (Å²) in [6.07, 6.45) is 5.25. The van der Waals surface area contributed by atoms with E-state index < -0.39 is 0 Å². The van der Waals surface area contributed by atoms with E-state index in [0.29, 0.717) is 10.7 Å². The SMILES string of the molecule is CCNC(=NCC1(C)CCCS1)NCC1CCCN(Cc2cccs2)C1.I. The molecule has 3 rings (SSSR count). The Morgan fingerprint density at radius 2 is 2.26 bits per heavy atom. The Morgan fingerprint density at radius 3 is 2.96 bits per heavy atom. The monoisotopic (exact) mass is 522 g/mol. The predicted molar refractivity (Wildman–Crippen MR) is 132 cm³/mol. The minimum atomic E-state index is 0. The Labute approximate surface area is 190 Å². The first-order chi connectivity index (χ1) is 12.7. The number of halogens is 1. The van der Waals surface area contributed by atoms with Gasteiger partial charge in [0.05, 0.1) is 6.54 Å². The number of nitrogens with zero attached hydrogens (tertiary/aromatic N) is 2. The maximum Gasteiger partial charge on any atom is 0.191 e. The van der Waals surface area contributed by atoms with Gasteiger partial charge in [-0.15, -0.1) is 35.3 Å². The molecule has 0 aliphatic carbocycles. The summed E-state index contributed by atoms with van der Waals surface area (Å²) in [5, 5.41) is 9.23. The summed E-state index contributed by atoms with van der Waals surface area (Å²) in [6, 6.07) is 4.41. The van der Waals surface area contributed by atoms with E-state index in [1.54, 1.807) is 0 Å². The molecule has 0 saturated carbocycles. The van der Waals surface area contributed by atoms with Gasteiger partial charge in [-0.05, 0) is 69.2 Å². The minimum absolute atomic E-state index is 0. The quantitative estimate of drug-likeness (QED) is 0.316. The maximum atomic E-state index is 4.89. The zero-order valence-corrected chi connectivity index (χ0v) is 20.7. The highest BCUT2D eigenvalue weighted by atomic mass is 127. The molecule has 0 bridgehead atoms. The summed E-state index contributed by atoms with van der Waals surface area (Å²) in [4.78, 5) is 8.99. The van der Waals surface area contributed by atoms with Crippen LogP contribution in [0.25, 0.3) is 0 Å². The molecular weight excluding hydrogens is 487 g/mol. The average molecular weight is 523 g/mol. The van der Waals surface area contributed by atoms with Crippen LogP contribution in [0.3, 0.4) is 0 Å². The van der Waals surface area contributed by atoms with Crippen LogP contribution >= 0.6 is 47.1 Å². The van der Waals surface area contributed by atoms with Crippen LogP contribution in [0.15, 0.2) is 22.5 Å². The molecule has 0 radical (unpaired) electrons. The van der Waals surface area contributed by atoms with Crippen LogP contribution in [0, 0.1) is 5.92 Å². The highest BCUT2D eigenvalue weighted by Crippen LogP contribution is 2.37. The molecule has 27 heavy (non-hydrogen) atoms. The van der Waals surface area contributed by atoms with Crippen LogP contribution in [0.4, 0.5) is 0 Å². The van der Waals surface area contributed by atoms with Gasteiger partial charge in [0, 0.05) is 35.8 Å². The van der Waals surface area contributed by atoms with E-state index in [1.165, 1.54) is 49.4 Å². The molecule has 2 unspecified atom stereocenters. The number of aliphatic imine (C=N–C) groups is 1. The third-order valence-electron chi connectivity index (χ3n) is 5.34. The lowest BCUT2D eigenvalue weighted by molar-refractivity contribution is 0.169. The van der Waals surface area contributed by atoms with E-state index in [0.717, 1.165) is 32.1 Å². The van der Waals surface area contributed by atoms with E-state index in [9.17, 15) is 0 Å². The van der Waals surface area contributed by atoms with Crippen LogP contribution in [0.1, 0.15) is 44.4 Å². The minimum Gasteiger partial charge on any atom is -0.357 e. The van der Waals surface area contributed by atoms with Gasteiger partial charge in [-0.1, -0.05) is 6.07 Å². The van der Waals surface area contributed by atoms with Crippen molar-refractivity contribution in [3.63, 3.8) is 0 Å². The third kappa shape index (κ3) is 7.74. The molecule has 2 fully saturated rings. The highest BCUT2D eigenvalue weighted by molar-refractivity contribution is 14.0. The van der Waals surface area contributed by atoms with E-state index in [-0.39, 0.29) is 24.0 Å². The molecule has 2 atom stereocenters. The molecule has 0 amide bonds. The number of piperidine rings is 1. The summed E-state index contributed by atoms with van der Waals surface area (Å²) in [5.74, 6) is 3.00. The second-order valence-electron chi connectivity index (χ2n) is 7.80. The van der Waals surface area contributed by atoms with E-state index >= 15 is 0 Å². The molecule has 2 N–H and O–H groups in total. The second kappa shape index (κ2) is 11.9. The summed E-state index contributed by atoms with van der Waals surface area (Å²) >= 11 is 3.96. The van der Waals surface area contributed by atoms with Gasteiger partial charge >= 0.3 is 0 Å². The maximum absolute atomic E-state index is 4.89. The van der Waals surface area contributed by atoms with Gasteiger partial charge in [0.25, 0.3) is 0 Å². The Kier molecular flexibility index (Phi) is 10.2. The van der Waals surface area contributed by atoms with Gasteiger partial charge < -0.3 is 10.6 Å². The lowest BCUT2D eigenvalue weighted by Gasteiger charge is -2.32. The van der Waals surface area contributed by atoms with Gasteiger partial charge in [0.15, 0.2) is 5.96 Å². The van der Waals surface area contributed by atoms with Crippen LogP contribution in [0.2, 0.25) is 0 Å². The molecule has 154 valence electrons. The summed E-state index contributed by atoms with van der Waals surface area (Å²) < 4.78 is 0.338. The van der Waals surface area contributed by atoms with Crippen molar-refractivity contribution in [1.82, 2.24) is 15.5 Å². The summed E-state index contributed by atoms with van der Waals surface area (Å²) in [7, 11) is 0. The average Bonchev–Trinajstić information content (AvgIpc) is 3.30. The number of nitrogens with one attached hydrogen (secondary N) is 2. The Hall–Kier alpha value is 0.01000. The van der Waals surface area contributed by atoms with Gasteiger partial charge in [0.1, 0.15) is 0 Å². The fraction of sp³-hybridized carbons (Fsp3) is 0.750. The molecule has 2 aliphatic heterocycles. The van der Waals surface area contributed by atoms with Crippen LogP contribution in [-0.2, 0) is 6.54 Å². The number of rotatable bonds is 7. The molecule has 0 spiro atoms. The van der Waals surface area contributed by atoms with Crippen molar-refractivity contribution in [2.45, 2.75) is 50.8 Å². The van der Waals surface area contributed by atoms with Crippen molar-refractivity contribution in [1.29, 1.82) is 0 Å². The zero-order valence-electron chi connectivity index (χ0n) is 16.7. The molecule has 3 heterocycles. The van der Waals surface area contributed by atoms with Gasteiger partial charge in [-0.2, -0.15) is 11.8 Å². The Balaban J connectivity index is 0.00000261. The standard InChI is InChI=1S/C20H34N4S2.HI/c1-3-21-19(23-16-20(2)9-6-12-26-20)22-13-17-7-4-10-24(14-17)15-18-8-5-11-25-18;/h5,8,11,17H,3-4,6-7,9-10,12-16H2,1-2H3,(H2,21,22,23);1H. The first-order valence-electron chi connectivity index (χ1n) is 10.1. The summed E-state index contributed by atoms with van der Waals surface area (Å²) in [6.45, 7) is 10.9. The lowest BCUT2D eigenvalue weighted by atomic mass is 9.98. The normalized spacial score (nSPS) is 26.6. The van der Waals surface area contributed by atoms with E-state index in [4.69, 9.17) is 4.99 Å². The molecule has 2 saturated heterocycles. The van der Waals surface area contributed by atoms with Crippen molar-refractivity contribution < 1.29 is 0 Å². The lowest BCUT2D eigenvalue weighted by Crippen LogP contribution is -2.44. The number of thioether (sulfide) groups is 1. The predicted octanol–water partition coefficient (Wildman–Crippen LogP) is 4.42.